The van der Waals surface area contributed by atoms with Crippen LogP contribution in [0.4, 0.5) is 10.5 Å². The van der Waals surface area contributed by atoms with E-state index in [4.69, 9.17) is 0 Å². The Labute approximate surface area is 104 Å². The molecule has 0 fully saturated rings. The minimum absolute atomic E-state index is 0.0520. The van der Waals surface area contributed by atoms with Crippen LogP contribution in [0, 0.1) is 6.92 Å². The fourth-order valence-corrected chi connectivity index (χ4v) is 1.75. The van der Waals surface area contributed by atoms with Crippen LogP contribution in [0.2, 0.25) is 0 Å². The first kappa shape index (κ1) is 13.6. The summed E-state index contributed by atoms with van der Waals surface area (Å²) in [6.45, 7) is 10.8. The van der Waals surface area contributed by atoms with Gasteiger partial charge < -0.3 is 10.2 Å². The average Bonchev–Trinajstić information content (AvgIpc) is 2.20. The monoisotopic (exact) mass is 234 g/mol. The fourth-order valence-electron chi connectivity index (χ4n) is 1.75. The van der Waals surface area contributed by atoms with Crippen LogP contribution in [0.15, 0.2) is 24.3 Å². The zero-order chi connectivity index (χ0) is 13.1. The molecule has 0 aromatic heterocycles. The van der Waals surface area contributed by atoms with Crippen molar-refractivity contribution in [2.75, 3.05) is 11.9 Å². The summed E-state index contributed by atoms with van der Waals surface area (Å²) in [5.41, 5.74) is 1.86. The molecule has 1 rings (SSSR count). The quantitative estimate of drug-likeness (QED) is 0.832. The third-order valence-electron chi connectivity index (χ3n) is 2.67. The van der Waals surface area contributed by atoms with Crippen LogP contribution >= 0.6 is 0 Å². The second kappa shape index (κ2) is 5.21. The molecule has 1 N–H and O–H groups in total. The number of rotatable bonds is 2. The zero-order valence-corrected chi connectivity index (χ0v) is 11.4. The molecule has 0 heterocycles. The van der Waals surface area contributed by atoms with E-state index >= 15 is 0 Å². The topological polar surface area (TPSA) is 32.3 Å². The first-order valence-corrected chi connectivity index (χ1v) is 6.00. The molecule has 0 unspecified atom stereocenters. The predicted molar refractivity (Wildman–Crippen MR) is 72.3 cm³/mol. The van der Waals surface area contributed by atoms with Crippen molar-refractivity contribution in [3.8, 4) is 0 Å². The highest BCUT2D eigenvalue weighted by atomic mass is 16.2. The van der Waals surface area contributed by atoms with Crippen molar-refractivity contribution < 1.29 is 4.79 Å². The molecule has 0 saturated carbocycles. The SMILES string of the molecule is CCN(C(=O)Nc1ccc(C)cc1)C(C)(C)C. The van der Waals surface area contributed by atoms with Crippen molar-refractivity contribution in [1.29, 1.82) is 0 Å². The Balaban J connectivity index is 2.74. The Kier molecular flexibility index (Phi) is 4.16. The van der Waals surface area contributed by atoms with Gasteiger partial charge in [0.05, 0.1) is 0 Å². The molecule has 0 radical (unpaired) electrons. The minimum Gasteiger partial charge on any atom is -0.320 e. The average molecular weight is 234 g/mol. The van der Waals surface area contributed by atoms with Gasteiger partial charge in [-0.1, -0.05) is 17.7 Å². The number of hydrogen-bond acceptors (Lipinski definition) is 1. The number of nitrogens with zero attached hydrogens (tertiary/aromatic N) is 1. The molecular formula is C14H22N2O. The molecule has 0 atom stereocenters. The van der Waals surface area contributed by atoms with Crippen molar-refractivity contribution in [3.05, 3.63) is 29.8 Å². The standard InChI is InChI=1S/C14H22N2O/c1-6-16(14(3,4)5)13(17)15-12-9-7-11(2)8-10-12/h7-10H,6H2,1-5H3,(H,15,17). The van der Waals surface area contributed by atoms with Gasteiger partial charge in [-0.15, -0.1) is 0 Å². The maximum absolute atomic E-state index is 12.1. The molecule has 1 aromatic carbocycles. The highest BCUT2D eigenvalue weighted by molar-refractivity contribution is 5.89. The van der Waals surface area contributed by atoms with Gasteiger partial charge in [0.25, 0.3) is 0 Å². The third-order valence-corrected chi connectivity index (χ3v) is 2.67. The number of aryl methyl sites for hydroxylation is 1. The van der Waals surface area contributed by atoms with Gasteiger partial charge in [0.15, 0.2) is 0 Å². The largest absolute Gasteiger partial charge is 0.322 e. The Morgan fingerprint density at radius 2 is 1.76 bits per heavy atom. The lowest BCUT2D eigenvalue weighted by Crippen LogP contribution is -2.47. The summed E-state index contributed by atoms with van der Waals surface area (Å²) < 4.78 is 0. The van der Waals surface area contributed by atoms with Gasteiger partial charge in [-0.25, -0.2) is 4.79 Å². The van der Waals surface area contributed by atoms with Crippen LogP contribution < -0.4 is 5.32 Å². The molecule has 1 aromatic rings. The number of carbonyl (C=O) groups excluding carboxylic acids is 1. The Bertz CT molecular complexity index is 376. The summed E-state index contributed by atoms with van der Waals surface area (Å²) in [5.74, 6) is 0. The minimum atomic E-state index is -0.163. The third kappa shape index (κ3) is 3.77. The maximum atomic E-state index is 12.1. The summed E-state index contributed by atoms with van der Waals surface area (Å²) in [5, 5.41) is 2.91. The fraction of sp³-hybridized carbons (Fsp3) is 0.500. The zero-order valence-electron chi connectivity index (χ0n) is 11.4. The molecule has 0 spiro atoms. The van der Waals surface area contributed by atoms with E-state index in [9.17, 15) is 4.79 Å². The van der Waals surface area contributed by atoms with Crippen molar-refractivity contribution >= 4 is 11.7 Å². The van der Waals surface area contributed by atoms with Crippen molar-refractivity contribution in [2.45, 2.75) is 40.2 Å². The number of amides is 2. The highest BCUT2D eigenvalue weighted by Crippen LogP contribution is 2.16. The number of carbonyl (C=O) groups is 1. The Morgan fingerprint density at radius 1 is 1.24 bits per heavy atom. The smallest absolute Gasteiger partial charge is 0.320 e. The van der Waals surface area contributed by atoms with E-state index in [1.54, 1.807) is 0 Å². The lowest BCUT2D eigenvalue weighted by Gasteiger charge is -2.34. The molecular weight excluding hydrogens is 212 g/mol. The number of hydrogen-bond donors (Lipinski definition) is 1. The first-order valence-electron chi connectivity index (χ1n) is 6.00. The highest BCUT2D eigenvalue weighted by Gasteiger charge is 2.24. The van der Waals surface area contributed by atoms with Gasteiger partial charge in [-0.05, 0) is 46.8 Å². The molecule has 2 amide bonds. The summed E-state index contributed by atoms with van der Waals surface area (Å²) in [6, 6.07) is 7.77. The van der Waals surface area contributed by atoms with Gasteiger partial charge >= 0.3 is 6.03 Å². The summed E-state index contributed by atoms with van der Waals surface area (Å²) in [7, 11) is 0. The van der Waals surface area contributed by atoms with Crippen LogP contribution in [0.3, 0.4) is 0 Å². The molecule has 3 nitrogen and oxygen atoms in total. The predicted octanol–water partition coefficient (Wildman–Crippen LogP) is 3.65. The summed E-state index contributed by atoms with van der Waals surface area (Å²) in [6.07, 6.45) is 0. The first-order chi connectivity index (χ1) is 7.84. The molecule has 0 aliphatic carbocycles. The lowest BCUT2D eigenvalue weighted by molar-refractivity contribution is 0.162. The van der Waals surface area contributed by atoms with Gasteiger partial charge in [-0.2, -0.15) is 0 Å². The number of nitrogens with one attached hydrogen (secondary N) is 1. The van der Waals surface area contributed by atoms with Crippen LogP contribution in [-0.4, -0.2) is 23.0 Å². The van der Waals surface area contributed by atoms with E-state index in [-0.39, 0.29) is 11.6 Å². The summed E-state index contributed by atoms with van der Waals surface area (Å²) >= 11 is 0. The molecule has 94 valence electrons. The van der Waals surface area contributed by atoms with E-state index < -0.39 is 0 Å². The van der Waals surface area contributed by atoms with Gasteiger partial charge in [0.1, 0.15) is 0 Å². The molecule has 0 aliphatic rings. The van der Waals surface area contributed by atoms with Gasteiger partial charge in [0, 0.05) is 17.8 Å². The van der Waals surface area contributed by atoms with Crippen LogP contribution in [0.1, 0.15) is 33.3 Å². The van der Waals surface area contributed by atoms with Crippen molar-refractivity contribution in [1.82, 2.24) is 4.90 Å². The lowest BCUT2D eigenvalue weighted by atomic mass is 10.1. The van der Waals surface area contributed by atoms with Crippen LogP contribution in [0.25, 0.3) is 0 Å². The molecule has 0 saturated heterocycles. The van der Waals surface area contributed by atoms with E-state index in [0.717, 1.165) is 5.69 Å². The van der Waals surface area contributed by atoms with Gasteiger partial charge in [-0.3, -0.25) is 0 Å². The van der Waals surface area contributed by atoms with E-state index in [0.29, 0.717) is 6.54 Å². The number of benzene rings is 1. The van der Waals surface area contributed by atoms with E-state index in [2.05, 4.69) is 5.32 Å². The Hall–Kier alpha value is -1.51. The molecule has 3 heteroatoms. The number of anilines is 1. The molecule has 0 aliphatic heterocycles. The van der Waals surface area contributed by atoms with Crippen molar-refractivity contribution in [2.24, 2.45) is 0 Å². The van der Waals surface area contributed by atoms with E-state index in [1.807, 2.05) is 63.8 Å². The molecule has 0 bridgehead atoms. The second-order valence-corrected chi connectivity index (χ2v) is 5.21. The number of urea groups is 1. The van der Waals surface area contributed by atoms with Gasteiger partial charge in [0.2, 0.25) is 0 Å². The van der Waals surface area contributed by atoms with Crippen LogP contribution in [0.5, 0.6) is 0 Å². The van der Waals surface area contributed by atoms with E-state index in [1.165, 1.54) is 5.56 Å². The maximum Gasteiger partial charge on any atom is 0.322 e. The van der Waals surface area contributed by atoms with Crippen molar-refractivity contribution in [3.63, 3.8) is 0 Å². The summed E-state index contributed by atoms with van der Waals surface area (Å²) in [4.78, 5) is 13.9. The second-order valence-electron chi connectivity index (χ2n) is 5.21. The Morgan fingerprint density at radius 3 is 2.18 bits per heavy atom. The molecule has 17 heavy (non-hydrogen) atoms. The van der Waals surface area contributed by atoms with Crippen LogP contribution in [-0.2, 0) is 0 Å². The normalized spacial score (nSPS) is 11.1.